The normalized spacial score (nSPS) is 10.5. The number of pyridine rings is 1. The SMILES string of the molecule is OCc1ccc(OCc2cnn(-c3ccccc3)c2)cn1. The summed E-state index contributed by atoms with van der Waals surface area (Å²) >= 11 is 0. The van der Waals surface area contributed by atoms with Gasteiger partial charge in [-0.2, -0.15) is 5.10 Å². The van der Waals surface area contributed by atoms with Gasteiger partial charge in [0.05, 0.1) is 30.4 Å². The quantitative estimate of drug-likeness (QED) is 0.779. The lowest BCUT2D eigenvalue weighted by Crippen LogP contribution is -1.96. The summed E-state index contributed by atoms with van der Waals surface area (Å²) in [7, 11) is 0. The fraction of sp³-hybridized carbons (Fsp3) is 0.125. The maximum atomic E-state index is 8.93. The molecular formula is C16H15N3O2. The monoisotopic (exact) mass is 281 g/mol. The molecule has 21 heavy (non-hydrogen) atoms. The number of ether oxygens (including phenoxy) is 1. The fourth-order valence-corrected chi connectivity index (χ4v) is 1.91. The van der Waals surface area contributed by atoms with Crippen LogP contribution in [-0.2, 0) is 13.2 Å². The van der Waals surface area contributed by atoms with Gasteiger partial charge in [-0.3, -0.25) is 4.98 Å². The minimum Gasteiger partial charge on any atom is -0.487 e. The lowest BCUT2D eigenvalue weighted by atomic mass is 10.3. The van der Waals surface area contributed by atoms with Gasteiger partial charge in [0.15, 0.2) is 0 Å². The number of nitrogens with zero attached hydrogens (tertiary/aromatic N) is 3. The van der Waals surface area contributed by atoms with Crippen LogP contribution in [0.1, 0.15) is 11.3 Å². The van der Waals surface area contributed by atoms with Crippen LogP contribution >= 0.6 is 0 Å². The van der Waals surface area contributed by atoms with Gasteiger partial charge in [-0.15, -0.1) is 0 Å². The Kier molecular flexibility index (Phi) is 3.93. The maximum absolute atomic E-state index is 8.93. The number of aromatic nitrogens is 3. The van der Waals surface area contributed by atoms with Gasteiger partial charge >= 0.3 is 0 Å². The second kappa shape index (κ2) is 6.19. The molecule has 2 heterocycles. The highest BCUT2D eigenvalue weighted by molar-refractivity contribution is 5.31. The van der Waals surface area contributed by atoms with Gasteiger partial charge in [0.2, 0.25) is 0 Å². The summed E-state index contributed by atoms with van der Waals surface area (Å²) in [5, 5.41) is 13.2. The van der Waals surface area contributed by atoms with Crippen molar-refractivity contribution in [3.8, 4) is 11.4 Å². The van der Waals surface area contributed by atoms with Crippen LogP contribution in [0.5, 0.6) is 5.75 Å². The number of aliphatic hydroxyl groups excluding tert-OH is 1. The van der Waals surface area contributed by atoms with E-state index in [9.17, 15) is 0 Å². The van der Waals surface area contributed by atoms with E-state index in [0.29, 0.717) is 18.1 Å². The number of benzene rings is 1. The largest absolute Gasteiger partial charge is 0.487 e. The van der Waals surface area contributed by atoms with Crippen LogP contribution in [-0.4, -0.2) is 19.9 Å². The van der Waals surface area contributed by atoms with Crippen molar-refractivity contribution < 1.29 is 9.84 Å². The molecule has 5 heteroatoms. The van der Waals surface area contributed by atoms with Crippen molar-refractivity contribution in [2.45, 2.75) is 13.2 Å². The first-order valence-corrected chi connectivity index (χ1v) is 6.63. The molecule has 0 aliphatic heterocycles. The van der Waals surface area contributed by atoms with Gasteiger partial charge in [0.1, 0.15) is 12.4 Å². The number of aliphatic hydroxyl groups is 1. The predicted molar refractivity (Wildman–Crippen MR) is 78.1 cm³/mol. The minimum atomic E-state index is -0.0654. The maximum Gasteiger partial charge on any atom is 0.138 e. The Morgan fingerprint density at radius 3 is 2.62 bits per heavy atom. The number of rotatable bonds is 5. The molecule has 3 aromatic rings. The molecule has 0 saturated carbocycles. The van der Waals surface area contributed by atoms with E-state index < -0.39 is 0 Å². The van der Waals surface area contributed by atoms with Gasteiger partial charge in [0, 0.05) is 11.8 Å². The van der Waals surface area contributed by atoms with Gasteiger partial charge in [-0.25, -0.2) is 4.68 Å². The first kappa shape index (κ1) is 13.3. The Morgan fingerprint density at radius 1 is 1.05 bits per heavy atom. The topological polar surface area (TPSA) is 60.2 Å². The Bertz CT molecular complexity index is 693. The summed E-state index contributed by atoms with van der Waals surface area (Å²) in [6.45, 7) is 0.358. The van der Waals surface area contributed by atoms with Crippen molar-refractivity contribution in [1.29, 1.82) is 0 Å². The highest BCUT2D eigenvalue weighted by Crippen LogP contribution is 2.13. The average Bonchev–Trinajstić information content (AvgIpc) is 3.03. The number of para-hydroxylation sites is 1. The van der Waals surface area contributed by atoms with E-state index in [0.717, 1.165) is 11.3 Å². The van der Waals surface area contributed by atoms with E-state index in [2.05, 4.69) is 10.1 Å². The third-order valence-corrected chi connectivity index (χ3v) is 3.02. The smallest absolute Gasteiger partial charge is 0.138 e. The molecule has 1 aromatic carbocycles. The molecule has 1 N–H and O–H groups in total. The Labute approximate surface area is 122 Å². The minimum absolute atomic E-state index is 0.0654. The van der Waals surface area contributed by atoms with Gasteiger partial charge < -0.3 is 9.84 Å². The van der Waals surface area contributed by atoms with E-state index in [1.54, 1.807) is 24.5 Å². The summed E-state index contributed by atoms with van der Waals surface area (Å²) in [6.07, 6.45) is 5.32. The molecule has 0 radical (unpaired) electrons. The standard InChI is InChI=1S/C16H15N3O2/c20-11-14-6-7-16(9-17-14)21-12-13-8-18-19(10-13)15-4-2-1-3-5-15/h1-10,20H,11-12H2. The van der Waals surface area contributed by atoms with Crippen LogP contribution in [0.3, 0.4) is 0 Å². The van der Waals surface area contributed by atoms with Crippen LogP contribution in [0.4, 0.5) is 0 Å². The Balaban J connectivity index is 1.64. The average molecular weight is 281 g/mol. The molecule has 0 saturated heterocycles. The van der Waals surface area contributed by atoms with Crippen molar-refractivity contribution >= 4 is 0 Å². The molecule has 0 atom stereocenters. The molecule has 0 fully saturated rings. The van der Waals surface area contributed by atoms with Crippen molar-refractivity contribution in [3.05, 3.63) is 72.3 Å². The van der Waals surface area contributed by atoms with Crippen molar-refractivity contribution in [2.24, 2.45) is 0 Å². The van der Waals surface area contributed by atoms with Crippen LogP contribution in [0.15, 0.2) is 61.1 Å². The first-order valence-electron chi connectivity index (χ1n) is 6.63. The van der Waals surface area contributed by atoms with Crippen LogP contribution < -0.4 is 4.74 Å². The zero-order valence-corrected chi connectivity index (χ0v) is 11.4. The second-order valence-corrected chi connectivity index (χ2v) is 4.56. The zero-order chi connectivity index (χ0) is 14.5. The fourth-order valence-electron chi connectivity index (χ4n) is 1.91. The summed E-state index contributed by atoms with van der Waals surface area (Å²) < 4.78 is 7.45. The molecule has 2 aromatic heterocycles. The molecule has 0 spiro atoms. The number of hydrogen-bond donors (Lipinski definition) is 1. The third kappa shape index (κ3) is 3.27. The van der Waals surface area contributed by atoms with E-state index in [1.165, 1.54) is 0 Å². The van der Waals surface area contributed by atoms with Crippen LogP contribution in [0, 0.1) is 0 Å². The van der Waals surface area contributed by atoms with E-state index >= 15 is 0 Å². The van der Waals surface area contributed by atoms with E-state index in [-0.39, 0.29) is 6.61 Å². The molecule has 0 amide bonds. The molecular weight excluding hydrogens is 266 g/mol. The highest BCUT2D eigenvalue weighted by atomic mass is 16.5. The molecule has 0 unspecified atom stereocenters. The Morgan fingerprint density at radius 2 is 1.90 bits per heavy atom. The van der Waals surface area contributed by atoms with Gasteiger partial charge in [0.25, 0.3) is 0 Å². The van der Waals surface area contributed by atoms with E-state index in [1.807, 2.05) is 41.2 Å². The zero-order valence-electron chi connectivity index (χ0n) is 11.4. The molecule has 3 rings (SSSR count). The molecule has 0 bridgehead atoms. The molecule has 106 valence electrons. The third-order valence-electron chi connectivity index (χ3n) is 3.02. The summed E-state index contributed by atoms with van der Waals surface area (Å²) in [5.74, 6) is 0.666. The van der Waals surface area contributed by atoms with Gasteiger partial charge in [-0.1, -0.05) is 18.2 Å². The Hall–Kier alpha value is -2.66. The molecule has 0 aliphatic carbocycles. The first-order chi connectivity index (χ1) is 10.3. The van der Waals surface area contributed by atoms with Crippen LogP contribution in [0.25, 0.3) is 5.69 Å². The van der Waals surface area contributed by atoms with Crippen molar-refractivity contribution in [1.82, 2.24) is 14.8 Å². The summed E-state index contributed by atoms with van der Waals surface area (Å²) in [5.41, 5.74) is 2.61. The van der Waals surface area contributed by atoms with E-state index in [4.69, 9.17) is 9.84 Å². The van der Waals surface area contributed by atoms with Crippen molar-refractivity contribution in [3.63, 3.8) is 0 Å². The molecule has 5 nitrogen and oxygen atoms in total. The summed E-state index contributed by atoms with van der Waals surface area (Å²) in [4.78, 5) is 4.07. The lowest BCUT2D eigenvalue weighted by Gasteiger charge is -2.04. The highest BCUT2D eigenvalue weighted by Gasteiger charge is 2.02. The van der Waals surface area contributed by atoms with Crippen LogP contribution in [0.2, 0.25) is 0 Å². The second-order valence-electron chi connectivity index (χ2n) is 4.56. The lowest BCUT2D eigenvalue weighted by molar-refractivity contribution is 0.275. The molecule has 0 aliphatic rings. The summed E-state index contributed by atoms with van der Waals surface area (Å²) in [6, 6.07) is 13.4. The number of hydrogen-bond acceptors (Lipinski definition) is 4. The van der Waals surface area contributed by atoms with Gasteiger partial charge in [-0.05, 0) is 24.3 Å². The predicted octanol–water partition coefficient (Wildman–Crippen LogP) is 2.34. The van der Waals surface area contributed by atoms with Crippen molar-refractivity contribution in [2.75, 3.05) is 0 Å².